The number of benzene rings is 3. The van der Waals surface area contributed by atoms with E-state index >= 15 is 0 Å². The second-order valence-corrected chi connectivity index (χ2v) is 11.0. The minimum absolute atomic E-state index is 0.0842. The zero-order valence-electron chi connectivity index (χ0n) is 24.1. The molecular formula is C33H37N7O. The van der Waals surface area contributed by atoms with Crippen molar-refractivity contribution in [2.45, 2.75) is 6.92 Å². The van der Waals surface area contributed by atoms with Gasteiger partial charge in [-0.15, -0.1) is 0 Å². The molecule has 41 heavy (non-hydrogen) atoms. The second-order valence-electron chi connectivity index (χ2n) is 11.0. The highest BCUT2D eigenvalue weighted by Crippen LogP contribution is 2.34. The van der Waals surface area contributed by atoms with E-state index in [0.29, 0.717) is 31.7 Å². The topological polar surface area (TPSA) is 70.8 Å². The van der Waals surface area contributed by atoms with Gasteiger partial charge in [-0.25, -0.2) is 0 Å². The van der Waals surface area contributed by atoms with Gasteiger partial charge in [-0.3, -0.25) is 4.79 Å². The minimum atomic E-state index is 0.0842. The molecule has 1 aromatic heterocycles. The summed E-state index contributed by atoms with van der Waals surface area (Å²) in [5.74, 6) is 0.0842. The SMILES string of the molecule is CNc1ccccc1N1CCN(c2cn(C)c3cc(C)c(C(=O)N4CCN(c5ccccc5C#N)CC4)cc23)CC1. The molecule has 1 amide bonds. The fraction of sp³-hybridized carbons (Fsp3) is 0.333. The van der Waals surface area contributed by atoms with Crippen molar-refractivity contribution in [1.29, 1.82) is 5.26 Å². The first-order valence-electron chi connectivity index (χ1n) is 14.4. The number of piperazine rings is 2. The van der Waals surface area contributed by atoms with Crippen LogP contribution in [0.15, 0.2) is 66.9 Å². The van der Waals surface area contributed by atoms with E-state index in [9.17, 15) is 10.1 Å². The lowest BCUT2D eigenvalue weighted by atomic mass is 10.0. The molecule has 3 heterocycles. The zero-order chi connectivity index (χ0) is 28.5. The number of anilines is 4. The molecule has 210 valence electrons. The van der Waals surface area contributed by atoms with Crippen molar-refractivity contribution >= 4 is 39.6 Å². The van der Waals surface area contributed by atoms with E-state index < -0.39 is 0 Å². The van der Waals surface area contributed by atoms with E-state index in [2.05, 4.69) is 80.3 Å². The van der Waals surface area contributed by atoms with Gasteiger partial charge in [0.2, 0.25) is 0 Å². The summed E-state index contributed by atoms with van der Waals surface area (Å²) in [7, 11) is 4.06. The Hall–Kier alpha value is -4.64. The normalized spacial score (nSPS) is 15.8. The van der Waals surface area contributed by atoms with Crippen molar-refractivity contribution in [3.05, 3.63) is 83.6 Å². The third kappa shape index (κ3) is 4.93. The molecule has 0 spiro atoms. The van der Waals surface area contributed by atoms with Crippen LogP contribution in [0.3, 0.4) is 0 Å². The number of para-hydroxylation sites is 3. The number of rotatable bonds is 5. The van der Waals surface area contributed by atoms with Crippen LogP contribution >= 0.6 is 0 Å². The van der Waals surface area contributed by atoms with Gasteiger partial charge < -0.3 is 29.5 Å². The zero-order valence-corrected chi connectivity index (χ0v) is 24.1. The number of carbonyl (C=O) groups is 1. The molecule has 2 fully saturated rings. The number of hydrogen-bond donors (Lipinski definition) is 1. The molecule has 8 nitrogen and oxygen atoms in total. The summed E-state index contributed by atoms with van der Waals surface area (Å²) in [6.45, 7) is 8.43. The molecule has 0 aliphatic carbocycles. The molecule has 1 N–H and O–H groups in total. The van der Waals surface area contributed by atoms with Gasteiger partial charge in [0.1, 0.15) is 6.07 Å². The van der Waals surface area contributed by atoms with Crippen LogP contribution in [-0.2, 0) is 7.05 Å². The number of aromatic nitrogens is 1. The number of fused-ring (bicyclic) bond motifs is 1. The lowest BCUT2D eigenvalue weighted by molar-refractivity contribution is 0.0746. The van der Waals surface area contributed by atoms with Gasteiger partial charge in [0.15, 0.2) is 0 Å². The van der Waals surface area contributed by atoms with Crippen LogP contribution < -0.4 is 20.0 Å². The molecular weight excluding hydrogens is 510 g/mol. The van der Waals surface area contributed by atoms with Gasteiger partial charge >= 0.3 is 0 Å². The number of nitriles is 1. The summed E-state index contributed by atoms with van der Waals surface area (Å²) in [6, 6.07) is 22.7. The van der Waals surface area contributed by atoms with E-state index in [0.717, 1.165) is 59.6 Å². The first-order valence-corrected chi connectivity index (χ1v) is 14.4. The Morgan fingerprint density at radius 2 is 1.39 bits per heavy atom. The predicted octanol–water partition coefficient (Wildman–Crippen LogP) is 4.69. The number of nitrogens with zero attached hydrogens (tertiary/aromatic N) is 6. The molecule has 6 rings (SSSR count). The van der Waals surface area contributed by atoms with Crippen LogP contribution in [0.25, 0.3) is 10.9 Å². The molecule has 4 aromatic rings. The van der Waals surface area contributed by atoms with Gasteiger partial charge in [-0.2, -0.15) is 5.26 Å². The molecule has 0 radical (unpaired) electrons. The van der Waals surface area contributed by atoms with E-state index in [1.165, 1.54) is 11.4 Å². The highest BCUT2D eigenvalue weighted by molar-refractivity contribution is 6.03. The number of aryl methyl sites for hydroxylation is 2. The molecule has 3 aromatic carbocycles. The molecule has 2 saturated heterocycles. The summed E-state index contributed by atoms with van der Waals surface area (Å²) >= 11 is 0. The van der Waals surface area contributed by atoms with E-state index in [4.69, 9.17) is 0 Å². The maximum absolute atomic E-state index is 13.8. The van der Waals surface area contributed by atoms with E-state index in [1.807, 2.05) is 43.1 Å². The van der Waals surface area contributed by atoms with Crippen molar-refractivity contribution in [1.82, 2.24) is 9.47 Å². The third-order valence-electron chi connectivity index (χ3n) is 8.61. The lowest BCUT2D eigenvalue weighted by Crippen LogP contribution is -2.49. The maximum atomic E-state index is 13.8. The van der Waals surface area contributed by atoms with Crippen LogP contribution in [-0.4, -0.2) is 74.8 Å². The molecule has 2 aliphatic rings. The average molecular weight is 548 g/mol. The molecule has 0 unspecified atom stereocenters. The van der Waals surface area contributed by atoms with Crippen LogP contribution in [0.1, 0.15) is 21.5 Å². The van der Waals surface area contributed by atoms with Crippen molar-refractivity contribution in [2.75, 3.05) is 79.4 Å². The largest absolute Gasteiger partial charge is 0.386 e. The van der Waals surface area contributed by atoms with E-state index in [1.54, 1.807) is 0 Å². The number of hydrogen-bond acceptors (Lipinski definition) is 6. The summed E-state index contributed by atoms with van der Waals surface area (Å²) < 4.78 is 2.18. The highest BCUT2D eigenvalue weighted by atomic mass is 16.2. The second kappa shape index (κ2) is 11.1. The quantitative estimate of drug-likeness (QED) is 0.391. The van der Waals surface area contributed by atoms with Gasteiger partial charge in [-0.1, -0.05) is 24.3 Å². The summed E-state index contributed by atoms with van der Waals surface area (Å²) in [6.07, 6.45) is 2.21. The summed E-state index contributed by atoms with van der Waals surface area (Å²) in [5, 5.41) is 14.0. The average Bonchev–Trinajstić information content (AvgIpc) is 3.35. The fourth-order valence-electron chi connectivity index (χ4n) is 6.31. The fourth-order valence-corrected chi connectivity index (χ4v) is 6.31. The van der Waals surface area contributed by atoms with Gasteiger partial charge in [0.25, 0.3) is 5.91 Å². The standard InChI is InChI=1S/C33H37N7O/c1-24-20-31-27(21-26(24)33(41)40-18-16-37(17-19-40)29-10-6-4-8-25(29)22-34)32(23-36(31)3)39-14-12-38(13-15-39)30-11-7-5-9-28(30)35-2/h4-11,20-21,23,35H,12-19H2,1-3H3. The molecule has 0 atom stereocenters. The number of amides is 1. The van der Waals surface area contributed by atoms with Gasteiger partial charge in [-0.05, 0) is 48.9 Å². The van der Waals surface area contributed by atoms with Crippen LogP contribution in [0.5, 0.6) is 0 Å². The first kappa shape index (κ1) is 26.6. The molecule has 0 bridgehead atoms. The molecule has 2 aliphatic heterocycles. The third-order valence-corrected chi connectivity index (χ3v) is 8.61. The summed E-state index contributed by atoms with van der Waals surface area (Å²) in [5.41, 5.74) is 8.14. The Morgan fingerprint density at radius 3 is 2.07 bits per heavy atom. The maximum Gasteiger partial charge on any atom is 0.254 e. The number of carbonyl (C=O) groups excluding carboxylic acids is 1. The lowest BCUT2D eigenvalue weighted by Gasteiger charge is -2.38. The van der Waals surface area contributed by atoms with E-state index in [-0.39, 0.29) is 5.91 Å². The first-order chi connectivity index (χ1) is 20.0. The van der Waals surface area contributed by atoms with Crippen molar-refractivity contribution < 1.29 is 4.79 Å². The Morgan fingerprint density at radius 1 is 0.805 bits per heavy atom. The molecule has 0 saturated carbocycles. The van der Waals surface area contributed by atoms with Gasteiger partial charge in [0.05, 0.1) is 33.8 Å². The Labute approximate surface area is 242 Å². The predicted molar refractivity (Wildman–Crippen MR) is 167 cm³/mol. The number of nitrogens with one attached hydrogen (secondary N) is 1. The van der Waals surface area contributed by atoms with Crippen molar-refractivity contribution in [3.8, 4) is 6.07 Å². The monoisotopic (exact) mass is 547 g/mol. The highest BCUT2D eigenvalue weighted by Gasteiger charge is 2.27. The summed E-state index contributed by atoms with van der Waals surface area (Å²) in [4.78, 5) is 22.9. The Balaban J connectivity index is 1.20. The minimum Gasteiger partial charge on any atom is -0.386 e. The van der Waals surface area contributed by atoms with Gasteiger partial charge in [0, 0.05) is 83.6 Å². The Bertz CT molecular complexity index is 1620. The van der Waals surface area contributed by atoms with Crippen molar-refractivity contribution in [3.63, 3.8) is 0 Å². The smallest absolute Gasteiger partial charge is 0.254 e. The Kier molecular flexibility index (Phi) is 7.19. The van der Waals surface area contributed by atoms with Crippen LogP contribution in [0.4, 0.5) is 22.7 Å². The van der Waals surface area contributed by atoms with Crippen molar-refractivity contribution in [2.24, 2.45) is 7.05 Å². The molecule has 8 heteroatoms. The van der Waals surface area contributed by atoms with Crippen LogP contribution in [0, 0.1) is 18.3 Å². The van der Waals surface area contributed by atoms with Crippen LogP contribution in [0.2, 0.25) is 0 Å².